The average Bonchev–Trinajstić information content (AvgIpc) is 2.99. The van der Waals surface area contributed by atoms with E-state index < -0.39 is 0 Å². The summed E-state index contributed by atoms with van der Waals surface area (Å²) in [5.41, 5.74) is 1.25. The molecule has 0 saturated heterocycles. The van der Waals surface area contributed by atoms with Gasteiger partial charge in [-0.1, -0.05) is 6.07 Å². The van der Waals surface area contributed by atoms with Crippen molar-refractivity contribution in [3.63, 3.8) is 0 Å². The zero-order valence-corrected chi connectivity index (χ0v) is 12.8. The standard InChI is InChI=1S/C16H21NO2S/c1-18-14-9-13(10-15(11-14)19-2)5-3-7-17-12-16-6-4-8-20-16/h4,6,8-11,17H,3,5,7,12H2,1-2H3. The van der Waals surface area contributed by atoms with Crippen LogP contribution in [-0.4, -0.2) is 20.8 Å². The number of aryl methyl sites for hydroxylation is 1. The molecule has 1 aromatic heterocycles. The van der Waals surface area contributed by atoms with Gasteiger partial charge in [0, 0.05) is 17.5 Å². The van der Waals surface area contributed by atoms with Crippen molar-refractivity contribution in [3.05, 3.63) is 46.2 Å². The van der Waals surface area contributed by atoms with Gasteiger partial charge in [-0.25, -0.2) is 0 Å². The molecule has 1 aromatic carbocycles. The summed E-state index contributed by atoms with van der Waals surface area (Å²) in [5, 5.41) is 5.57. The van der Waals surface area contributed by atoms with Gasteiger partial charge in [-0.2, -0.15) is 0 Å². The van der Waals surface area contributed by atoms with E-state index in [0.29, 0.717) is 0 Å². The zero-order chi connectivity index (χ0) is 14.2. The van der Waals surface area contributed by atoms with Gasteiger partial charge in [0.2, 0.25) is 0 Å². The van der Waals surface area contributed by atoms with Gasteiger partial charge >= 0.3 is 0 Å². The molecule has 2 rings (SSSR count). The lowest BCUT2D eigenvalue weighted by Gasteiger charge is -2.08. The maximum atomic E-state index is 5.28. The lowest BCUT2D eigenvalue weighted by atomic mass is 10.1. The van der Waals surface area contributed by atoms with E-state index in [4.69, 9.17) is 9.47 Å². The minimum Gasteiger partial charge on any atom is -0.497 e. The Morgan fingerprint density at radius 3 is 2.45 bits per heavy atom. The molecule has 0 saturated carbocycles. The summed E-state index contributed by atoms with van der Waals surface area (Å²) in [4.78, 5) is 1.38. The van der Waals surface area contributed by atoms with Gasteiger partial charge in [0.05, 0.1) is 14.2 Å². The molecular formula is C16H21NO2S. The summed E-state index contributed by atoms with van der Waals surface area (Å²) in [6.45, 7) is 1.97. The molecule has 0 aliphatic heterocycles. The highest BCUT2D eigenvalue weighted by molar-refractivity contribution is 7.09. The van der Waals surface area contributed by atoms with Gasteiger partial charge in [0.15, 0.2) is 0 Å². The molecule has 1 N–H and O–H groups in total. The molecule has 4 heteroatoms. The van der Waals surface area contributed by atoms with Crippen molar-refractivity contribution >= 4 is 11.3 Å². The second kappa shape index (κ2) is 7.92. The van der Waals surface area contributed by atoms with Crippen LogP contribution in [0.25, 0.3) is 0 Å². The zero-order valence-electron chi connectivity index (χ0n) is 12.0. The summed E-state index contributed by atoms with van der Waals surface area (Å²) < 4.78 is 10.6. The summed E-state index contributed by atoms with van der Waals surface area (Å²) in [6.07, 6.45) is 2.12. The lowest BCUT2D eigenvalue weighted by molar-refractivity contribution is 0.393. The number of hydrogen-bond acceptors (Lipinski definition) is 4. The van der Waals surface area contributed by atoms with Gasteiger partial charge in [0.1, 0.15) is 11.5 Å². The summed E-state index contributed by atoms with van der Waals surface area (Å²) in [5.74, 6) is 1.71. The minimum atomic E-state index is 0.853. The van der Waals surface area contributed by atoms with Gasteiger partial charge in [-0.3, -0.25) is 0 Å². The predicted molar refractivity (Wildman–Crippen MR) is 83.9 cm³/mol. The van der Waals surface area contributed by atoms with Crippen LogP contribution in [0, 0.1) is 0 Å². The fourth-order valence-corrected chi connectivity index (χ4v) is 2.73. The van der Waals surface area contributed by atoms with Crippen molar-refractivity contribution in [1.82, 2.24) is 5.32 Å². The van der Waals surface area contributed by atoms with E-state index in [-0.39, 0.29) is 0 Å². The van der Waals surface area contributed by atoms with Crippen LogP contribution < -0.4 is 14.8 Å². The number of nitrogens with one attached hydrogen (secondary N) is 1. The molecule has 1 heterocycles. The highest BCUT2D eigenvalue weighted by Gasteiger charge is 2.02. The van der Waals surface area contributed by atoms with Crippen LogP contribution in [-0.2, 0) is 13.0 Å². The minimum absolute atomic E-state index is 0.853. The van der Waals surface area contributed by atoms with Gasteiger partial charge in [-0.05, 0) is 48.5 Å². The van der Waals surface area contributed by atoms with E-state index >= 15 is 0 Å². The molecule has 20 heavy (non-hydrogen) atoms. The molecule has 0 unspecified atom stereocenters. The molecule has 2 aromatic rings. The van der Waals surface area contributed by atoms with Crippen LogP contribution in [0.3, 0.4) is 0 Å². The summed E-state index contributed by atoms with van der Waals surface area (Å²) in [7, 11) is 3.36. The van der Waals surface area contributed by atoms with Crippen molar-refractivity contribution in [2.75, 3.05) is 20.8 Å². The molecule has 0 amide bonds. The summed E-state index contributed by atoms with van der Waals surface area (Å²) in [6, 6.07) is 10.3. The number of ether oxygens (including phenoxy) is 2. The predicted octanol–water partition coefficient (Wildman–Crippen LogP) is 3.49. The van der Waals surface area contributed by atoms with Crippen molar-refractivity contribution in [2.24, 2.45) is 0 Å². The topological polar surface area (TPSA) is 30.5 Å². The maximum absolute atomic E-state index is 5.28. The van der Waals surface area contributed by atoms with Crippen LogP contribution >= 0.6 is 11.3 Å². The largest absolute Gasteiger partial charge is 0.497 e. The number of benzene rings is 1. The first-order valence-corrected chi connectivity index (χ1v) is 7.65. The Hall–Kier alpha value is -1.52. The van der Waals surface area contributed by atoms with Gasteiger partial charge < -0.3 is 14.8 Å². The lowest BCUT2D eigenvalue weighted by Crippen LogP contribution is -2.14. The Kier molecular flexibility index (Phi) is 5.89. The Balaban J connectivity index is 1.75. The first-order valence-electron chi connectivity index (χ1n) is 6.77. The average molecular weight is 291 g/mol. The van der Waals surface area contributed by atoms with E-state index in [1.54, 1.807) is 25.6 Å². The van der Waals surface area contributed by atoms with E-state index in [1.165, 1.54) is 10.4 Å². The molecule has 0 aliphatic rings. The molecule has 108 valence electrons. The Labute approximate surface area is 124 Å². The number of methoxy groups -OCH3 is 2. The normalized spacial score (nSPS) is 10.5. The smallest absolute Gasteiger partial charge is 0.122 e. The second-order valence-electron chi connectivity index (χ2n) is 4.58. The Morgan fingerprint density at radius 2 is 1.85 bits per heavy atom. The van der Waals surface area contributed by atoms with Crippen LogP contribution in [0.5, 0.6) is 11.5 Å². The quantitative estimate of drug-likeness (QED) is 0.755. The molecule has 0 radical (unpaired) electrons. The highest BCUT2D eigenvalue weighted by Crippen LogP contribution is 2.23. The molecule has 0 aliphatic carbocycles. The van der Waals surface area contributed by atoms with Gasteiger partial charge in [-0.15, -0.1) is 11.3 Å². The maximum Gasteiger partial charge on any atom is 0.122 e. The molecule has 3 nitrogen and oxygen atoms in total. The third-order valence-corrected chi connectivity index (χ3v) is 3.99. The number of thiophene rings is 1. The molecule has 0 fully saturated rings. The molecule has 0 spiro atoms. The highest BCUT2D eigenvalue weighted by atomic mass is 32.1. The van der Waals surface area contributed by atoms with E-state index in [2.05, 4.69) is 35.0 Å². The van der Waals surface area contributed by atoms with Crippen molar-refractivity contribution in [1.29, 1.82) is 0 Å². The van der Waals surface area contributed by atoms with Gasteiger partial charge in [0.25, 0.3) is 0 Å². The molecular weight excluding hydrogens is 270 g/mol. The van der Waals surface area contributed by atoms with Crippen molar-refractivity contribution < 1.29 is 9.47 Å². The van der Waals surface area contributed by atoms with E-state index in [1.807, 2.05) is 6.07 Å². The van der Waals surface area contributed by atoms with E-state index in [0.717, 1.165) is 37.4 Å². The summed E-state index contributed by atoms with van der Waals surface area (Å²) >= 11 is 1.79. The van der Waals surface area contributed by atoms with Crippen molar-refractivity contribution in [3.8, 4) is 11.5 Å². The number of rotatable bonds is 8. The van der Waals surface area contributed by atoms with Crippen LogP contribution in [0.15, 0.2) is 35.7 Å². The SMILES string of the molecule is COc1cc(CCCNCc2cccs2)cc(OC)c1. The van der Waals surface area contributed by atoms with Crippen LogP contribution in [0.1, 0.15) is 16.9 Å². The molecule has 0 atom stereocenters. The third-order valence-electron chi connectivity index (χ3n) is 3.11. The third kappa shape index (κ3) is 4.54. The van der Waals surface area contributed by atoms with Crippen molar-refractivity contribution in [2.45, 2.75) is 19.4 Å². The molecule has 0 bridgehead atoms. The fraction of sp³-hybridized carbons (Fsp3) is 0.375. The Bertz CT molecular complexity index is 489. The second-order valence-corrected chi connectivity index (χ2v) is 5.61. The first-order chi connectivity index (χ1) is 9.81. The van der Waals surface area contributed by atoms with Crippen LogP contribution in [0.2, 0.25) is 0 Å². The Morgan fingerprint density at radius 1 is 1.10 bits per heavy atom. The van der Waals surface area contributed by atoms with E-state index in [9.17, 15) is 0 Å². The monoisotopic (exact) mass is 291 g/mol. The van der Waals surface area contributed by atoms with Crippen LogP contribution in [0.4, 0.5) is 0 Å². The first kappa shape index (κ1) is 14.9. The fourth-order valence-electron chi connectivity index (χ4n) is 2.05. The number of hydrogen-bond donors (Lipinski definition) is 1.